The minimum Gasteiger partial charge on any atom is -0.458 e. The van der Waals surface area contributed by atoms with Crippen LogP contribution in [-0.4, -0.2) is 52.2 Å². The molecule has 4 heterocycles. The summed E-state index contributed by atoms with van der Waals surface area (Å²) in [7, 11) is -2.42. The van der Waals surface area contributed by atoms with Crippen molar-refractivity contribution in [3.63, 3.8) is 0 Å². The smallest absolute Gasteiger partial charge is 0.431 e. The number of pyridine rings is 2. The van der Waals surface area contributed by atoms with Gasteiger partial charge in [0, 0.05) is 16.5 Å². The molecule has 13 heteroatoms. The van der Waals surface area contributed by atoms with E-state index in [0.717, 1.165) is 28.5 Å². The SMILES string of the molecule is CC[C@@]1(O[Si](CC)(CC)CC)C(=O)OCc2c1cc1n(c2=O)[C@@H](N(NC(=O)OC(C)(C)C)C(=O)OC(C)(C)C)c2cc3ccccc3nc2-1. The standard InChI is InChI=1S/C36H48N4O8Si/c1-11-36(48-49(12-2,13-3)14-4)25-20-27-28-23(19-22-17-15-16-18-26(22)37-28)29(39(27)30(41)24(25)21-45-31(36)42)40(33(44)47-35(8,9)10)38-32(43)46-34(5,6)7/h15-20,29H,11-14,21H2,1-10H3,(H,38,43)/t29-,36-/m0/s1. The van der Waals surface area contributed by atoms with E-state index in [9.17, 15) is 19.2 Å². The fraction of sp³-hybridized carbons (Fsp3) is 0.528. The van der Waals surface area contributed by atoms with Crippen molar-refractivity contribution in [1.29, 1.82) is 0 Å². The lowest BCUT2D eigenvalue weighted by Gasteiger charge is -2.43. The van der Waals surface area contributed by atoms with Gasteiger partial charge in [0.05, 0.1) is 22.5 Å². The lowest BCUT2D eigenvalue weighted by molar-refractivity contribution is -0.170. The first-order chi connectivity index (χ1) is 22.9. The van der Waals surface area contributed by atoms with Crippen molar-refractivity contribution in [3.8, 4) is 11.4 Å². The van der Waals surface area contributed by atoms with Crippen molar-refractivity contribution in [3.05, 3.63) is 63.4 Å². The number of hydrazine groups is 1. The van der Waals surface area contributed by atoms with Crippen molar-refractivity contribution in [2.24, 2.45) is 0 Å². The Hall–Kier alpha value is -4.23. The van der Waals surface area contributed by atoms with E-state index in [-0.39, 0.29) is 18.6 Å². The largest absolute Gasteiger partial charge is 0.458 e. The van der Waals surface area contributed by atoms with E-state index in [1.807, 2.05) is 37.3 Å². The maximum absolute atomic E-state index is 14.9. The molecule has 0 fully saturated rings. The topological polar surface area (TPSA) is 138 Å². The van der Waals surface area contributed by atoms with Crippen LogP contribution in [0.25, 0.3) is 22.3 Å². The second kappa shape index (κ2) is 12.9. The van der Waals surface area contributed by atoms with E-state index >= 15 is 0 Å². The Balaban J connectivity index is 1.81. The van der Waals surface area contributed by atoms with Gasteiger partial charge in [-0.15, -0.1) is 0 Å². The Morgan fingerprint density at radius 2 is 1.63 bits per heavy atom. The highest BCUT2D eigenvalue weighted by Crippen LogP contribution is 2.46. The second-order valence-corrected chi connectivity index (χ2v) is 19.3. The molecule has 5 rings (SSSR count). The van der Waals surface area contributed by atoms with Crippen LogP contribution in [0.3, 0.4) is 0 Å². The fourth-order valence-corrected chi connectivity index (χ4v) is 9.65. The lowest BCUT2D eigenvalue weighted by atomic mass is 9.86. The molecule has 0 spiro atoms. The molecule has 0 bridgehead atoms. The fourth-order valence-electron chi connectivity index (χ4n) is 6.64. The molecule has 0 saturated carbocycles. The average Bonchev–Trinajstić information content (AvgIpc) is 3.34. The summed E-state index contributed by atoms with van der Waals surface area (Å²) in [5.41, 5.74) is 1.32. The third kappa shape index (κ3) is 6.57. The molecule has 1 aromatic carbocycles. The molecule has 2 amide bonds. The quantitative estimate of drug-likeness (QED) is 0.117. The lowest BCUT2D eigenvalue weighted by Crippen LogP contribution is -2.55. The van der Waals surface area contributed by atoms with Gasteiger partial charge < -0.3 is 18.6 Å². The number of nitrogens with one attached hydrogen (secondary N) is 1. The highest BCUT2D eigenvalue weighted by Gasteiger charge is 2.53. The van der Waals surface area contributed by atoms with Crippen LogP contribution < -0.4 is 11.0 Å². The summed E-state index contributed by atoms with van der Waals surface area (Å²) in [6.45, 7) is 18.0. The molecule has 3 aromatic rings. The van der Waals surface area contributed by atoms with Gasteiger partial charge in [-0.2, -0.15) is 5.01 Å². The summed E-state index contributed by atoms with van der Waals surface area (Å²) < 4.78 is 25.4. The Kier molecular flexibility index (Phi) is 9.49. The minimum absolute atomic E-state index is 0.236. The van der Waals surface area contributed by atoms with E-state index in [0.29, 0.717) is 28.0 Å². The van der Waals surface area contributed by atoms with Crippen LogP contribution in [-0.2, 0) is 35.6 Å². The van der Waals surface area contributed by atoms with Gasteiger partial charge in [0.25, 0.3) is 5.56 Å². The van der Waals surface area contributed by atoms with Crippen molar-refractivity contribution >= 4 is 37.4 Å². The maximum Gasteiger partial charge on any atom is 0.431 e. The Morgan fingerprint density at radius 3 is 2.22 bits per heavy atom. The summed E-state index contributed by atoms with van der Waals surface area (Å²) in [5.74, 6) is -0.526. The Bertz CT molecular complexity index is 1850. The number of aromatic nitrogens is 2. The summed E-state index contributed by atoms with van der Waals surface area (Å²) in [5, 5.41) is 1.73. The molecule has 0 saturated heterocycles. The van der Waals surface area contributed by atoms with Gasteiger partial charge in [-0.25, -0.2) is 24.8 Å². The average molecular weight is 693 g/mol. The van der Waals surface area contributed by atoms with E-state index in [1.165, 1.54) is 4.57 Å². The number of cyclic esters (lactones) is 1. The molecule has 264 valence electrons. The number of amides is 2. The number of fused-ring (bicyclic) bond motifs is 5. The molecule has 0 unspecified atom stereocenters. The number of carbonyl (C=O) groups is 3. The number of ether oxygens (including phenoxy) is 3. The normalized spacial score (nSPS) is 18.7. The zero-order valence-electron chi connectivity index (χ0n) is 30.2. The predicted molar refractivity (Wildman–Crippen MR) is 187 cm³/mol. The van der Waals surface area contributed by atoms with Gasteiger partial charge in [0.2, 0.25) is 0 Å². The number of carbonyl (C=O) groups excluding carboxylic acids is 3. The van der Waals surface area contributed by atoms with Crippen molar-refractivity contribution in [2.45, 2.75) is 123 Å². The van der Waals surface area contributed by atoms with E-state index in [1.54, 1.807) is 47.6 Å². The number of nitrogens with zero attached hydrogens (tertiary/aromatic N) is 3. The predicted octanol–water partition coefficient (Wildman–Crippen LogP) is 7.28. The highest BCUT2D eigenvalue weighted by molar-refractivity contribution is 6.73. The summed E-state index contributed by atoms with van der Waals surface area (Å²) >= 11 is 0. The second-order valence-electron chi connectivity index (χ2n) is 14.7. The maximum atomic E-state index is 14.9. The highest BCUT2D eigenvalue weighted by atomic mass is 28.4. The van der Waals surface area contributed by atoms with Crippen LogP contribution in [0.1, 0.15) is 98.5 Å². The first kappa shape index (κ1) is 36.1. The van der Waals surface area contributed by atoms with Crippen LogP contribution in [0.2, 0.25) is 18.1 Å². The monoisotopic (exact) mass is 692 g/mol. The van der Waals surface area contributed by atoms with Crippen molar-refractivity contribution in [2.75, 3.05) is 0 Å². The Morgan fingerprint density at radius 1 is 1.00 bits per heavy atom. The van der Waals surface area contributed by atoms with E-state index < -0.39 is 55.0 Å². The van der Waals surface area contributed by atoms with Gasteiger partial charge >= 0.3 is 18.2 Å². The number of benzene rings is 1. The van der Waals surface area contributed by atoms with Gasteiger partial charge in [-0.3, -0.25) is 9.36 Å². The summed E-state index contributed by atoms with van der Waals surface area (Å²) in [4.78, 5) is 60.9. The number of esters is 1. The molecule has 49 heavy (non-hydrogen) atoms. The molecule has 2 atom stereocenters. The molecular weight excluding hydrogens is 645 g/mol. The molecular formula is C36H48N4O8Si. The van der Waals surface area contributed by atoms with Gasteiger partial charge in [-0.1, -0.05) is 45.9 Å². The number of para-hydroxylation sites is 1. The molecule has 0 aliphatic carbocycles. The van der Waals surface area contributed by atoms with Crippen molar-refractivity contribution in [1.82, 2.24) is 20.0 Å². The van der Waals surface area contributed by atoms with Crippen LogP contribution in [0.5, 0.6) is 0 Å². The molecule has 1 N–H and O–H groups in total. The summed E-state index contributed by atoms with van der Waals surface area (Å²) in [6, 6.07) is 13.4. The van der Waals surface area contributed by atoms with Crippen LogP contribution in [0.4, 0.5) is 9.59 Å². The van der Waals surface area contributed by atoms with Gasteiger partial charge in [0.1, 0.15) is 17.8 Å². The van der Waals surface area contributed by atoms with Crippen LogP contribution in [0, 0.1) is 0 Å². The van der Waals surface area contributed by atoms with Crippen molar-refractivity contribution < 1.29 is 33.0 Å². The molecule has 2 aliphatic heterocycles. The zero-order chi connectivity index (χ0) is 36.1. The summed E-state index contributed by atoms with van der Waals surface area (Å²) in [6.07, 6.45) is -2.81. The first-order valence-corrected chi connectivity index (χ1v) is 19.5. The Labute approximate surface area is 288 Å². The zero-order valence-corrected chi connectivity index (χ0v) is 31.2. The number of hydrogen-bond donors (Lipinski definition) is 1. The van der Waals surface area contributed by atoms with Crippen LogP contribution in [0.15, 0.2) is 41.2 Å². The first-order valence-electron chi connectivity index (χ1n) is 17.0. The van der Waals surface area contributed by atoms with E-state index in [4.69, 9.17) is 23.6 Å². The van der Waals surface area contributed by atoms with E-state index in [2.05, 4.69) is 26.2 Å². The van der Waals surface area contributed by atoms with Crippen LogP contribution >= 0.6 is 0 Å². The molecule has 2 aliphatic rings. The molecule has 0 radical (unpaired) electrons. The van der Waals surface area contributed by atoms with Gasteiger partial charge in [0.15, 0.2) is 20.1 Å². The third-order valence-corrected chi connectivity index (χ3v) is 13.9. The molecule has 12 nitrogen and oxygen atoms in total. The van der Waals surface area contributed by atoms with Gasteiger partial charge in [-0.05, 0) is 84.3 Å². The minimum atomic E-state index is -2.42. The number of hydrogen-bond acceptors (Lipinski definition) is 9. The number of rotatable bonds is 7. The molecule has 2 aromatic heterocycles. The third-order valence-electron chi connectivity index (χ3n) is 9.24.